The summed E-state index contributed by atoms with van der Waals surface area (Å²) in [6.45, 7) is 7.66. The van der Waals surface area contributed by atoms with Crippen molar-refractivity contribution < 1.29 is 4.39 Å². The largest absolute Gasteiger partial charge is 0.398 e. The van der Waals surface area contributed by atoms with Crippen molar-refractivity contribution in [3.8, 4) is 0 Å². The number of rotatable bonds is 3. The lowest BCUT2D eigenvalue weighted by atomic mass is 9.95. The first kappa shape index (κ1) is 12.4. The van der Waals surface area contributed by atoms with Gasteiger partial charge in [-0.2, -0.15) is 0 Å². The topological polar surface area (TPSA) is 29.3 Å². The van der Waals surface area contributed by atoms with Gasteiger partial charge in [-0.05, 0) is 42.5 Å². The first-order valence-electron chi connectivity index (χ1n) is 6.32. The van der Waals surface area contributed by atoms with Gasteiger partial charge in [-0.25, -0.2) is 4.39 Å². The number of hydrogen-bond acceptors (Lipinski definition) is 2. The number of nitrogens with zero attached hydrogens (tertiary/aromatic N) is 1. The number of halogens is 1. The fourth-order valence-corrected chi connectivity index (χ4v) is 2.50. The maximum Gasteiger partial charge on any atom is 0.125 e. The minimum Gasteiger partial charge on any atom is -0.398 e. The van der Waals surface area contributed by atoms with Gasteiger partial charge in [0.2, 0.25) is 0 Å². The molecular weight excluding hydrogens is 215 g/mol. The van der Waals surface area contributed by atoms with Gasteiger partial charge in [0.05, 0.1) is 0 Å². The van der Waals surface area contributed by atoms with Gasteiger partial charge in [-0.3, -0.25) is 4.90 Å². The number of anilines is 1. The molecule has 2 nitrogen and oxygen atoms in total. The quantitative estimate of drug-likeness (QED) is 0.818. The van der Waals surface area contributed by atoms with Gasteiger partial charge in [0.1, 0.15) is 5.82 Å². The van der Waals surface area contributed by atoms with Crippen molar-refractivity contribution >= 4 is 5.69 Å². The molecule has 1 saturated heterocycles. The Morgan fingerprint density at radius 2 is 2.24 bits per heavy atom. The molecule has 0 aromatic heterocycles. The summed E-state index contributed by atoms with van der Waals surface area (Å²) >= 11 is 0. The average molecular weight is 236 g/mol. The van der Waals surface area contributed by atoms with Gasteiger partial charge in [-0.1, -0.05) is 19.9 Å². The zero-order valence-corrected chi connectivity index (χ0v) is 10.6. The van der Waals surface area contributed by atoms with E-state index in [0.29, 0.717) is 5.69 Å². The van der Waals surface area contributed by atoms with Crippen molar-refractivity contribution in [1.29, 1.82) is 0 Å². The highest BCUT2D eigenvalue weighted by atomic mass is 19.1. The van der Waals surface area contributed by atoms with Gasteiger partial charge in [0.15, 0.2) is 0 Å². The Hall–Kier alpha value is -1.09. The first-order chi connectivity index (χ1) is 8.06. The van der Waals surface area contributed by atoms with Gasteiger partial charge in [-0.15, -0.1) is 0 Å². The molecule has 2 rings (SSSR count). The highest BCUT2D eigenvalue weighted by Gasteiger charge is 2.24. The Balaban J connectivity index is 1.98. The lowest BCUT2D eigenvalue weighted by Gasteiger charge is -2.18. The Labute approximate surface area is 103 Å². The number of hydrogen-bond donors (Lipinski definition) is 1. The van der Waals surface area contributed by atoms with Crippen LogP contribution < -0.4 is 5.73 Å². The first-order valence-corrected chi connectivity index (χ1v) is 6.32. The highest BCUT2D eigenvalue weighted by molar-refractivity contribution is 5.46. The molecule has 3 heteroatoms. The highest BCUT2D eigenvalue weighted by Crippen LogP contribution is 2.26. The minimum absolute atomic E-state index is 0.257. The summed E-state index contributed by atoms with van der Waals surface area (Å²) in [5, 5.41) is 0. The number of nitrogens with two attached hydrogens (primary N) is 1. The van der Waals surface area contributed by atoms with Crippen LogP contribution in [0.5, 0.6) is 0 Å². The normalized spacial score (nSPS) is 21.3. The molecule has 1 aromatic rings. The van der Waals surface area contributed by atoms with Crippen LogP contribution in [0.3, 0.4) is 0 Å². The van der Waals surface area contributed by atoms with Crippen LogP contribution >= 0.6 is 0 Å². The average Bonchev–Trinajstić information content (AvgIpc) is 2.71. The SMILES string of the molecule is CC(C)C1CCN(Cc2ccc(F)cc2N)C1. The summed E-state index contributed by atoms with van der Waals surface area (Å²) in [4.78, 5) is 2.41. The second kappa shape index (κ2) is 5.05. The maximum absolute atomic E-state index is 12.9. The van der Waals surface area contributed by atoms with E-state index in [1.807, 2.05) is 0 Å². The van der Waals surface area contributed by atoms with Crippen LogP contribution in [0.4, 0.5) is 10.1 Å². The molecule has 0 saturated carbocycles. The smallest absolute Gasteiger partial charge is 0.125 e. The monoisotopic (exact) mass is 236 g/mol. The van der Waals surface area contributed by atoms with Gasteiger partial charge in [0.25, 0.3) is 0 Å². The molecule has 0 aliphatic carbocycles. The number of benzene rings is 1. The van der Waals surface area contributed by atoms with Gasteiger partial charge >= 0.3 is 0 Å². The third-order valence-electron chi connectivity index (χ3n) is 3.75. The van der Waals surface area contributed by atoms with E-state index >= 15 is 0 Å². The molecule has 0 bridgehead atoms. The van der Waals surface area contributed by atoms with Crippen LogP contribution in [0.25, 0.3) is 0 Å². The van der Waals surface area contributed by atoms with E-state index in [1.165, 1.54) is 18.6 Å². The summed E-state index contributed by atoms with van der Waals surface area (Å²) in [7, 11) is 0. The fraction of sp³-hybridized carbons (Fsp3) is 0.571. The van der Waals surface area contributed by atoms with Crippen LogP contribution in [0.1, 0.15) is 25.8 Å². The summed E-state index contributed by atoms with van der Waals surface area (Å²) in [6.07, 6.45) is 1.26. The van der Waals surface area contributed by atoms with Crippen LogP contribution in [-0.2, 0) is 6.54 Å². The van der Waals surface area contributed by atoms with Crippen molar-refractivity contribution in [1.82, 2.24) is 4.90 Å². The summed E-state index contributed by atoms with van der Waals surface area (Å²) in [5.74, 6) is 1.27. The molecular formula is C14H21FN2. The van der Waals surface area contributed by atoms with E-state index in [-0.39, 0.29) is 5.82 Å². The molecule has 0 amide bonds. The third kappa shape index (κ3) is 2.97. The van der Waals surface area contributed by atoms with Gasteiger partial charge < -0.3 is 5.73 Å². The summed E-state index contributed by atoms with van der Waals surface area (Å²) in [5.41, 5.74) is 7.43. The van der Waals surface area contributed by atoms with E-state index in [4.69, 9.17) is 5.73 Å². The molecule has 1 aliphatic rings. The van der Waals surface area contributed by atoms with Crippen molar-refractivity contribution in [3.05, 3.63) is 29.6 Å². The standard InChI is InChI=1S/C14H21FN2/c1-10(2)11-5-6-17(8-11)9-12-3-4-13(15)7-14(12)16/h3-4,7,10-11H,5-6,8-9,16H2,1-2H3. The Kier molecular flexibility index (Phi) is 3.67. The Bertz CT molecular complexity index is 390. The zero-order chi connectivity index (χ0) is 12.4. The Morgan fingerprint density at radius 1 is 1.47 bits per heavy atom. The fourth-order valence-electron chi connectivity index (χ4n) is 2.50. The predicted molar refractivity (Wildman–Crippen MR) is 69.0 cm³/mol. The second-order valence-corrected chi connectivity index (χ2v) is 5.37. The third-order valence-corrected chi connectivity index (χ3v) is 3.75. The van der Waals surface area contributed by atoms with Crippen LogP contribution in [-0.4, -0.2) is 18.0 Å². The van der Waals surface area contributed by atoms with E-state index in [0.717, 1.165) is 37.0 Å². The lowest BCUT2D eigenvalue weighted by molar-refractivity contribution is 0.297. The molecule has 1 aromatic carbocycles. The molecule has 1 unspecified atom stereocenters. The number of nitrogen functional groups attached to an aromatic ring is 1. The zero-order valence-electron chi connectivity index (χ0n) is 10.6. The van der Waals surface area contributed by atoms with E-state index in [1.54, 1.807) is 6.07 Å². The Morgan fingerprint density at radius 3 is 2.82 bits per heavy atom. The van der Waals surface area contributed by atoms with Crippen molar-refractivity contribution in [2.45, 2.75) is 26.8 Å². The molecule has 17 heavy (non-hydrogen) atoms. The molecule has 1 atom stereocenters. The minimum atomic E-state index is -0.257. The van der Waals surface area contributed by atoms with Gasteiger partial charge in [0, 0.05) is 18.8 Å². The van der Waals surface area contributed by atoms with Crippen LogP contribution in [0.15, 0.2) is 18.2 Å². The second-order valence-electron chi connectivity index (χ2n) is 5.37. The van der Waals surface area contributed by atoms with Crippen molar-refractivity contribution in [2.75, 3.05) is 18.8 Å². The number of likely N-dealkylation sites (tertiary alicyclic amines) is 1. The molecule has 1 fully saturated rings. The summed E-state index contributed by atoms with van der Waals surface area (Å²) in [6, 6.07) is 4.69. The molecule has 94 valence electrons. The molecule has 1 heterocycles. The molecule has 2 N–H and O–H groups in total. The predicted octanol–water partition coefficient (Wildman–Crippen LogP) is 2.89. The lowest BCUT2D eigenvalue weighted by Crippen LogP contribution is -2.22. The van der Waals surface area contributed by atoms with E-state index < -0.39 is 0 Å². The molecule has 0 spiro atoms. The van der Waals surface area contributed by atoms with E-state index in [2.05, 4.69) is 18.7 Å². The van der Waals surface area contributed by atoms with Crippen molar-refractivity contribution in [3.63, 3.8) is 0 Å². The van der Waals surface area contributed by atoms with E-state index in [9.17, 15) is 4.39 Å². The molecule has 1 aliphatic heterocycles. The maximum atomic E-state index is 12.9. The van der Waals surface area contributed by atoms with Crippen LogP contribution in [0.2, 0.25) is 0 Å². The van der Waals surface area contributed by atoms with Crippen molar-refractivity contribution in [2.24, 2.45) is 11.8 Å². The van der Waals surface area contributed by atoms with Crippen LogP contribution in [0, 0.1) is 17.7 Å². The molecule has 0 radical (unpaired) electrons. The summed E-state index contributed by atoms with van der Waals surface area (Å²) < 4.78 is 12.9.